The number of anilines is 2. The molecule has 1 aromatic carbocycles. The molecule has 30 heavy (non-hydrogen) atoms. The number of carbonyl (C=O) groups excluding carboxylic acids is 1. The van der Waals surface area contributed by atoms with Gasteiger partial charge in [0.1, 0.15) is 23.1 Å². The molecule has 0 saturated carbocycles. The second-order valence-electron chi connectivity index (χ2n) is 6.39. The van der Waals surface area contributed by atoms with E-state index in [0.29, 0.717) is 38.4 Å². The minimum atomic E-state index is -0.276. The first-order chi connectivity index (χ1) is 14.6. The van der Waals surface area contributed by atoms with Gasteiger partial charge < -0.3 is 11.1 Å². The molecule has 0 aliphatic rings. The monoisotopic (exact) mass is 480 g/mol. The Morgan fingerprint density at radius 1 is 1.20 bits per heavy atom. The van der Waals surface area contributed by atoms with Crippen LogP contribution in [0.4, 0.5) is 11.5 Å². The second kappa shape index (κ2) is 7.43. The number of thiophene rings is 1. The Bertz CT molecular complexity index is 1400. The van der Waals surface area contributed by atoms with Gasteiger partial charge in [0.25, 0.3) is 5.91 Å². The number of rotatable bonds is 4. The Morgan fingerprint density at radius 2 is 2.10 bits per heavy atom. The molecule has 0 spiro atoms. The van der Waals surface area contributed by atoms with E-state index in [9.17, 15) is 4.79 Å². The van der Waals surface area contributed by atoms with Crippen LogP contribution in [0.1, 0.15) is 16.1 Å². The molecule has 0 fully saturated rings. The van der Waals surface area contributed by atoms with Crippen LogP contribution < -0.4 is 11.1 Å². The lowest BCUT2D eigenvalue weighted by molar-refractivity contribution is 0.102. The highest BCUT2D eigenvalue weighted by Crippen LogP contribution is 2.32. The number of aromatic nitrogens is 6. The molecule has 148 valence electrons. The van der Waals surface area contributed by atoms with E-state index in [-0.39, 0.29) is 5.91 Å². The lowest BCUT2D eigenvalue weighted by Gasteiger charge is -2.07. The van der Waals surface area contributed by atoms with Crippen LogP contribution in [0.2, 0.25) is 0 Å². The number of hydrogen-bond acceptors (Lipinski definition) is 8. The fourth-order valence-corrected chi connectivity index (χ4v) is 4.70. The van der Waals surface area contributed by atoms with Gasteiger partial charge in [-0.15, -0.1) is 11.3 Å². The molecule has 11 heteroatoms. The Kier molecular flexibility index (Phi) is 4.60. The number of amides is 1. The third-order valence-corrected chi connectivity index (χ3v) is 6.11. The lowest BCUT2D eigenvalue weighted by atomic mass is 10.2. The van der Waals surface area contributed by atoms with E-state index >= 15 is 0 Å². The van der Waals surface area contributed by atoms with Crippen LogP contribution in [-0.4, -0.2) is 35.6 Å². The predicted octanol–water partition coefficient (Wildman–Crippen LogP) is 3.48. The van der Waals surface area contributed by atoms with Crippen LogP contribution >= 0.6 is 27.3 Å². The molecule has 0 aliphatic carbocycles. The van der Waals surface area contributed by atoms with Crippen LogP contribution in [0.15, 0.2) is 53.1 Å². The van der Waals surface area contributed by atoms with Crippen molar-refractivity contribution in [1.29, 1.82) is 0 Å². The first-order valence-electron chi connectivity index (χ1n) is 8.81. The van der Waals surface area contributed by atoms with Gasteiger partial charge in [-0.1, -0.05) is 6.07 Å². The first-order valence-corrected chi connectivity index (χ1v) is 10.5. The van der Waals surface area contributed by atoms with E-state index in [1.54, 1.807) is 11.6 Å². The van der Waals surface area contributed by atoms with Crippen molar-refractivity contribution in [3.63, 3.8) is 0 Å². The molecular formula is C19H13BrN8OS. The van der Waals surface area contributed by atoms with Gasteiger partial charge in [0.05, 0.1) is 44.6 Å². The number of fused-ring (bicyclic) bond motifs is 2. The van der Waals surface area contributed by atoms with Crippen molar-refractivity contribution < 1.29 is 4.79 Å². The summed E-state index contributed by atoms with van der Waals surface area (Å²) in [6.07, 6.45) is 4.55. The maximum Gasteiger partial charge on any atom is 0.258 e. The highest BCUT2D eigenvalue weighted by Gasteiger charge is 2.19. The molecule has 0 atom stereocenters. The van der Waals surface area contributed by atoms with Crippen LogP contribution in [0.3, 0.4) is 0 Å². The Hall–Kier alpha value is -3.44. The molecule has 1 amide bonds. The summed E-state index contributed by atoms with van der Waals surface area (Å²) in [5, 5.41) is 10.1. The van der Waals surface area contributed by atoms with Gasteiger partial charge in [0, 0.05) is 11.6 Å². The zero-order chi connectivity index (χ0) is 20.7. The second-order valence-corrected chi connectivity index (χ2v) is 8.02. The van der Waals surface area contributed by atoms with Gasteiger partial charge in [0.15, 0.2) is 0 Å². The zero-order valence-electron chi connectivity index (χ0n) is 15.3. The van der Waals surface area contributed by atoms with Gasteiger partial charge in [-0.3, -0.25) is 9.48 Å². The number of benzene rings is 1. The quantitative estimate of drug-likeness (QED) is 0.403. The fourth-order valence-electron chi connectivity index (χ4n) is 3.19. The van der Waals surface area contributed by atoms with Gasteiger partial charge in [-0.2, -0.15) is 5.10 Å². The van der Waals surface area contributed by atoms with E-state index in [2.05, 4.69) is 46.3 Å². The molecular weight excluding hydrogens is 468 g/mol. The van der Waals surface area contributed by atoms with E-state index in [0.717, 1.165) is 16.6 Å². The maximum atomic E-state index is 13.0. The molecule has 5 rings (SSSR count). The summed E-state index contributed by atoms with van der Waals surface area (Å²) in [5.41, 5.74) is 9.20. The summed E-state index contributed by atoms with van der Waals surface area (Å²) in [4.78, 5) is 29.4. The van der Waals surface area contributed by atoms with E-state index in [4.69, 9.17) is 5.73 Å². The molecule has 5 aromatic rings. The summed E-state index contributed by atoms with van der Waals surface area (Å²) in [7, 11) is 0. The normalized spacial score (nSPS) is 11.2. The average Bonchev–Trinajstić information content (AvgIpc) is 3.32. The van der Waals surface area contributed by atoms with Gasteiger partial charge in [-0.05, 0) is 34.1 Å². The molecule has 0 saturated heterocycles. The number of carbonyl (C=O) groups is 1. The fraction of sp³-hybridized carbons (Fsp3) is 0.0526. The minimum absolute atomic E-state index is 0.276. The first kappa shape index (κ1) is 18.6. The third kappa shape index (κ3) is 3.17. The van der Waals surface area contributed by atoms with Crippen molar-refractivity contribution in [2.45, 2.75) is 6.54 Å². The number of halogens is 1. The lowest BCUT2D eigenvalue weighted by Crippen LogP contribution is -2.12. The number of nitrogens with zero attached hydrogens (tertiary/aromatic N) is 6. The number of hydrogen-bond donors (Lipinski definition) is 2. The topological polar surface area (TPSA) is 124 Å². The Labute approximate surface area is 182 Å². The van der Waals surface area contributed by atoms with Crippen molar-refractivity contribution in [3.8, 4) is 0 Å². The molecule has 0 bridgehead atoms. The molecule has 4 aromatic heterocycles. The standard InChI is InChI=1S/C19H13BrN8OS/c20-17-14-12(26-19(29)11-7-30-16-15(11)24-9-25-18(16)21)2-1-3-13(14)28(27-17)6-10-4-5-22-8-23-10/h1-5,7-9H,6H2,(H,26,29)(H2,21,24,25). The van der Waals surface area contributed by atoms with Crippen molar-refractivity contribution in [3.05, 3.63) is 64.4 Å². The number of nitrogens with two attached hydrogens (primary N) is 1. The summed E-state index contributed by atoms with van der Waals surface area (Å²) in [6.45, 7) is 0.480. The van der Waals surface area contributed by atoms with Crippen LogP contribution in [0.25, 0.3) is 21.1 Å². The predicted molar refractivity (Wildman–Crippen MR) is 118 cm³/mol. The molecule has 9 nitrogen and oxygen atoms in total. The molecule has 0 unspecified atom stereocenters. The molecule has 0 radical (unpaired) electrons. The van der Waals surface area contributed by atoms with Crippen molar-refractivity contribution in [2.75, 3.05) is 11.1 Å². The highest BCUT2D eigenvalue weighted by atomic mass is 79.9. The van der Waals surface area contributed by atoms with Crippen LogP contribution in [0.5, 0.6) is 0 Å². The third-order valence-electron chi connectivity index (χ3n) is 4.56. The smallest absolute Gasteiger partial charge is 0.258 e. The van der Waals surface area contributed by atoms with E-state index in [1.165, 1.54) is 24.0 Å². The molecule has 4 heterocycles. The summed E-state index contributed by atoms with van der Waals surface area (Å²) in [5.74, 6) is 0.0854. The van der Waals surface area contributed by atoms with E-state index in [1.807, 2.05) is 28.9 Å². The van der Waals surface area contributed by atoms with Crippen molar-refractivity contribution >= 4 is 65.8 Å². The van der Waals surface area contributed by atoms with Crippen LogP contribution in [0, 0.1) is 0 Å². The van der Waals surface area contributed by atoms with Gasteiger partial charge in [-0.25, -0.2) is 19.9 Å². The number of nitrogen functional groups attached to an aromatic ring is 1. The van der Waals surface area contributed by atoms with Gasteiger partial charge >= 0.3 is 0 Å². The largest absolute Gasteiger partial charge is 0.382 e. The SMILES string of the molecule is Nc1ncnc2c(C(=O)Nc3cccc4c3c(Br)nn4Cc3ccncn3)csc12. The van der Waals surface area contributed by atoms with Crippen molar-refractivity contribution in [1.82, 2.24) is 29.7 Å². The average molecular weight is 481 g/mol. The zero-order valence-corrected chi connectivity index (χ0v) is 17.7. The maximum absolute atomic E-state index is 13.0. The summed E-state index contributed by atoms with van der Waals surface area (Å²) < 4.78 is 3.15. The highest BCUT2D eigenvalue weighted by molar-refractivity contribution is 9.10. The summed E-state index contributed by atoms with van der Waals surface area (Å²) in [6, 6.07) is 7.48. The Balaban J connectivity index is 1.51. The Morgan fingerprint density at radius 3 is 2.93 bits per heavy atom. The molecule has 3 N–H and O–H groups in total. The molecule has 0 aliphatic heterocycles. The van der Waals surface area contributed by atoms with Crippen molar-refractivity contribution in [2.24, 2.45) is 0 Å². The minimum Gasteiger partial charge on any atom is -0.382 e. The van der Waals surface area contributed by atoms with Crippen LogP contribution in [-0.2, 0) is 6.54 Å². The number of nitrogens with one attached hydrogen (secondary N) is 1. The van der Waals surface area contributed by atoms with Gasteiger partial charge in [0.2, 0.25) is 0 Å². The summed E-state index contributed by atoms with van der Waals surface area (Å²) >= 11 is 4.86. The van der Waals surface area contributed by atoms with E-state index < -0.39 is 0 Å².